The molecule has 0 saturated heterocycles. The van der Waals surface area contributed by atoms with Crippen molar-refractivity contribution in [1.82, 2.24) is 5.32 Å². The number of hydrogen-bond acceptors (Lipinski definition) is 3. The van der Waals surface area contributed by atoms with E-state index in [2.05, 4.69) is 5.32 Å². The molecule has 0 spiro atoms. The number of carbonyl (C=O) groups is 2. The van der Waals surface area contributed by atoms with Crippen LogP contribution in [0.4, 0.5) is 0 Å². The van der Waals surface area contributed by atoms with Crippen LogP contribution in [-0.2, 0) is 16.0 Å². The zero-order valence-electron chi connectivity index (χ0n) is 12.4. The van der Waals surface area contributed by atoms with E-state index in [0.717, 1.165) is 0 Å². The molecule has 0 aliphatic heterocycles. The number of methoxy groups -OCH3 is 1. The molecule has 0 aromatic heterocycles. The zero-order chi connectivity index (χ0) is 16.8. The molecule has 0 aliphatic carbocycles. The summed E-state index contributed by atoms with van der Waals surface area (Å²) in [5.41, 5.74) is 1.16. The second-order valence-corrected chi connectivity index (χ2v) is 5.70. The van der Waals surface area contributed by atoms with Crippen LogP contribution < -0.4 is 5.32 Å². The Balaban J connectivity index is 2.17. The Labute approximate surface area is 144 Å². The molecule has 6 heteroatoms. The van der Waals surface area contributed by atoms with Crippen LogP contribution in [0.5, 0.6) is 0 Å². The van der Waals surface area contributed by atoms with Gasteiger partial charge in [0.2, 0.25) is 0 Å². The molecule has 1 atom stereocenters. The van der Waals surface area contributed by atoms with E-state index >= 15 is 0 Å². The highest BCUT2D eigenvalue weighted by Crippen LogP contribution is 2.22. The van der Waals surface area contributed by atoms with Crippen LogP contribution in [0.1, 0.15) is 15.9 Å². The van der Waals surface area contributed by atoms with Crippen molar-refractivity contribution in [1.29, 1.82) is 0 Å². The van der Waals surface area contributed by atoms with E-state index in [9.17, 15) is 9.59 Å². The molecule has 0 heterocycles. The average molecular weight is 352 g/mol. The fourth-order valence-corrected chi connectivity index (χ4v) is 2.56. The summed E-state index contributed by atoms with van der Waals surface area (Å²) in [6, 6.07) is 12.8. The van der Waals surface area contributed by atoms with Gasteiger partial charge in [0.05, 0.1) is 7.11 Å². The quantitative estimate of drug-likeness (QED) is 0.838. The van der Waals surface area contributed by atoms with Crippen LogP contribution in [0.25, 0.3) is 0 Å². The van der Waals surface area contributed by atoms with Gasteiger partial charge in [-0.05, 0) is 29.8 Å². The first-order valence-electron chi connectivity index (χ1n) is 6.89. The number of benzene rings is 2. The van der Waals surface area contributed by atoms with Gasteiger partial charge in [0.15, 0.2) is 0 Å². The highest BCUT2D eigenvalue weighted by molar-refractivity contribution is 6.35. The average Bonchev–Trinajstić information content (AvgIpc) is 2.56. The maximum absolute atomic E-state index is 12.2. The number of ether oxygens (including phenoxy) is 1. The van der Waals surface area contributed by atoms with Gasteiger partial charge in [-0.25, -0.2) is 4.79 Å². The van der Waals surface area contributed by atoms with Crippen molar-refractivity contribution in [3.63, 3.8) is 0 Å². The third kappa shape index (κ3) is 4.71. The predicted octanol–water partition coefficient (Wildman–Crippen LogP) is 3.51. The number of rotatable bonds is 5. The number of hydrogen-bond donors (Lipinski definition) is 1. The normalized spacial score (nSPS) is 11.6. The Hall–Kier alpha value is -2.04. The van der Waals surface area contributed by atoms with Crippen LogP contribution in [0.2, 0.25) is 10.0 Å². The maximum atomic E-state index is 12.2. The second kappa shape index (κ2) is 7.99. The minimum absolute atomic E-state index is 0.210. The summed E-state index contributed by atoms with van der Waals surface area (Å²) in [5, 5.41) is 3.60. The summed E-state index contributed by atoms with van der Waals surface area (Å²) >= 11 is 12.0. The maximum Gasteiger partial charge on any atom is 0.328 e. The van der Waals surface area contributed by atoms with E-state index < -0.39 is 12.0 Å². The minimum Gasteiger partial charge on any atom is -0.467 e. The van der Waals surface area contributed by atoms with E-state index in [-0.39, 0.29) is 12.3 Å². The molecule has 1 amide bonds. The highest BCUT2D eigenvalue weighted by Gasteiger charge is 2.23. The smallest absolute Gasteiger partial charge is 0.328 e. The molecule has 2 rings (SSSR count). The molecular weight excluding hydrogens is 337 g/mol. The van der Waals surface area contributed by atoms with E-state index in [0.29, 0.717) is 21.2 Å². The van der Waals surface area contributed by atoms with Gasteiger partial charge >= 0.3 is 5.97 Å². The van der Waals surface area contributed by atoms with Crippen molar-refractivity contribution < 1.29 is 14.3 Å². The van der Waals surface area contributed by atoms with Crippen molar-refractivity contribution >= 4 is 35.1 Å². The largest absolute Gasteiger partial charge is 0.467 e. The lowest BCUT2D eigenvalue weighted by Gasteiger charge is -2.17. The van der Waals surface area contributed by atoms with Gasteiger partial charge in [-0.2, -0.15) is 0 Å². The van der Waals surface area contributed by atoms with Gasteiger partial charge in [0.25, 0.3) is 5.91 Å². The minimum atomic E-state index is -0.841. The van der Waals surface area contributed by atoms with Crippen LogP contribution in [0, 0.1) is 0 Å². The van der Waals surface area contributed by atoms with E-state index in [1.54, 1.807) is 42.5 Å². The summed E-state index contributed by atoms with van der Waals surface area (Å²) in [7, 11) is 1.27. The van der Waals surface area contributed by atoms with Gasteiger partial charge in [-0.3, -0.25) is 4.79 Å². The fourth-order valence-electron chi connectivity index (χ4n) is 2.07. The molecule has 4 nitrogen and oxygen atoms in total. The van der Waals surface area contributed by atoms with Crippen molar-refractivity contribution in [2.24, 2.45) is 0 Å². The summed E-state index contributed by atoms with van der Waals surface area (Å²) in [6.07, 6.45) is 0.210. The summed E-state index contributed by atoms with van der Waals surface area (Å²) < 4.78 is 4.76. The third-order valence-corrected chi connectivity index (χ3v) is 3.85. The molecule has 120 valence electrons. The SMILES string of the molecule is COC(=O)[C@H](Cc1ccc(Cl)cc1Cl)NC(=O)c1ccccc1. The first kappa shape index (κ1) is 17.3. The molecular formula is C17H15Cl2NO3. The van der Waals surface area contributed by atoms with E-state index in [1.165, 1.54) is 7.11 Å². The third-order valence-electron chi connectivity index (χ3n) is 3.27. The summed E-state index contributed by atoms with van der Waals surface area (Å²) in [6.45, 7) is 0. The first-order chi connectivity index (χ1) is 11.0. The monoisotopic (exact) mass is 351 g/mol. The Morgan fingerprint density at radius 3 is 2.43 bits per heavy atom. The predicted molar refractivity (Wildman–Crippen MR) is 89.9 cm³/mol. The highest BCUT2D eigenvalue weighted by atomic mass is 35.5. The standard InChI is InChI=1S/C17H15Cl2NO3/c1-23-17(22)15(9-12-7-8-13(18)10-14(12)19)20-16(21)11-5-3-2-4-6-11/h2-8,10,15H,9H2,1H3,(H,20,21)/t15-/m0/s1. The molecule has 0 unspecified atom stereocenters. The summed E-state index contributed by atoms with van der Waals surface area (Å²) in [5.74, 6) is -0.897. The van der Waals surface area contributed by atoms with Gasteiger partial charge in [-0.1, -0.05) is 47.5 Å². The number of halogens is 2. The molecule has 0 radical (unpaired) electrons. The van der Waals surface area contributed by atoms with Crippen LogP contribution >= 0.6 is 23.2 Å². The molecule has 0 fully saturated rings. The van der Waals surface area contributed by atoms with Gasteiger partial charge < -0.3 is 10.1 Å². The molecule has 2 aromatic carbocycles. The number of amides is 1. The van der Waals surface area contributed by atoms with Crippen LogP contribution in [0.3, 0.4) is 0 Å². The Morgan fingerprint density at radius 1 is 1.13 bits per heavy atom. The van der Waals surface area contributed by atoms with Crippen molar-refractivity contribution in [2.45, 2.75) is 12.5 Å². The molecule has 2 aromatic rings. The lowest BCUT2D eigenvalue weighted by Crippen LogP contribution is -2.43. The topological polar surface area (TPSA) is 55.4 Å². The van der Waals surface area contributed by atoms with E-state index in [4.69, 9.17) is 27.9 Å². The molecule has 1 N–H and O–H groups in total. The molecule has 0 saturated carbocycles. The number of esters is 1. The lowest BCUT2D eigenvalue weighted by molar-refractivity contribution is -0.142. The summed E-state index contributed by atoms with van der Waals surface area (Å²) in [4.78, 5) is 24.2. The van der Waals surface area contributed by atoms with Crippen molar-refractivity contribution in [3.05, 3.63) is 69.7 Å². The molecule has 0 aliphatic rings. The first-order valence-corrected chi connectivity index (χ1v) is 7.64. The zero-order valence-corrected chi connectivity index (χ0v) is 13.9. The van der Waals surface area contributed by atoms with Crippen LogP contribution in [0.15, 0.2) is 48.5 Å². The number of carbonyl (C=O) groups excluding carboxylic acids is 2. The Bertz CT molecular complexity index is 704. The number of nitrogens with one attached hydrogen (secondary N) is 1. The second-order valence-electron chi connectivity index (χ2n) is 4.86. The van der Waals surface area contributed by atoms with Gasteiger partial charge in [0.1, 0.15) is 6.04 Å². The Kier molecular flexibility index (Phi) is 6.02. The Morgan fingerprint density at radius 2 is 1.83 bits per heavy atom. The van der Waals surface area contributed by atoms with Gasteiger partial charge in [0, 0.05) is 22.0 Å². The van der Waals surface area contributed by atoms with Crippen LogP contribution in [-0.4, -0.2) is 25.0 Å². The molecule has 0 bridgehead atoms. The molecule has 23 heavy (non-hydrogen) atoms. The van der Waals surface area contributed by atoms with Gasteiger partial charge in [-0.15, -0.1) is 0 Å². The fraction of sp³-hybridized carbons (Fsp3) is 0.176. The lowest BCUT2D eigenvalue weighted by atomic mass is 10.1. The van der Waals surface area contributed by atoms with Crippen molar-refractivity contribution in [2.75, 3.05) is 7.11 Å². The van der Waals surface area contributed by atoms with Crippen molar-refractivity contribution in [3.8, 4) is 0 Å². The van der Waals surface area contributed by atoms with E-state index in [1.807, 2.05) is 6.07 Å².